The zero-order valence-corrected chi connectivity index (χ0v) is 14.4. The largest absolute Gasteiger partial charge is 0.461 e. The van der Waals surface area contributed by atoms with E-state index in [9.17, 15) is 14.9 Å². The number of rotatable bonds is 5. The number of ether oxygens (including phenoxy) is 1. The number of para-hydroxylation sites is 1. The molecule has 0 aliphatic heterocycles. The van der Waals surface area contributed by atoms with Crippen molar-refractivity contribution >= 4 is 11.7 Å². The van der Waals surface area contributed by atoms with E-state index < -0.39 is 10.9 Å². The first-order valence-corrected chi connectivity index (χ1v) is 8.09. The van der Waals surface area contributed by atoms with Crippen molar-refractivity contribution < 1.29 is 14.5 Å². The Balaban J connectivity index is 2.17. The quantitative estimate of drug-likeness (QED) is 0.423. The monoisotopic (exact) mass is 351 g/mol. The van der Waals surface area contributed by atoms with Gasteiger partial charge in [-0.2, -0.15) is 0 Å². The van der Waals surface area contributed by atoms with Crippen LogP contribution in [0.2, 0.25) is 0 Å². The van der Waals surface area contributed by atoms with Crippen LogP contribution in [-0.4, -0.2) is 27.5 Å². The molecule has 132 valence electrons. The molecule has 2 aromatic carbocycles. The average molecular weight is 351 g/mol. The van der Waals surface area contributed by atoms with Gasteiger partial charge in [-0.3, -0.25) is 10.1 Å². The predicted octanol–water partition coefficient (Wildman–Crippen LogP) is 4.14. The molecule has 1 aromatic heterocycles. The van der Waals surface area contributed by atoms with Gasteiger partial charge < -0.3 is 9.72 Å². The van der Waals surface area contributed by atoms with Gasteiger partial charge in [0.25, 0.3) is 5.69 Å². The maximum absolute atomic E-state index is 12.3. The molecule has 0 atom stereocenters. The van der Waals surface area contributed by atoms with Gasteiger partial charge in [-0.1, -0.05) is 42.0 Å². The topological polar surface area (TPSA) is 98.1 Å². The SMILES string of the molecule is CCOC(=O)c1nc(-c2ccccc2[N+](=O)[O-])[nH]c1-c1ccc(C)cc1. The number of aryl methyl sites for hydroxylation is 1. The fourth-order valence-electron chi connectivity index (χ4n) is 2.61. The van der Waals surface area contributed by atoms with Crippen molar-refractivity contribution in [3.63, 3.8) is 0 Å². The van der Waals surface area contributed by atoms with E-state index in [1.807, 2.05) is 31.2 Å². The van der Waals surface area contributed by atoms with Crippen LogP contribution < -0.4 is 0 Å². The Morgan fingerprint density at radius 1 is 1.19 bits per heavy atom. The standard InChI is InChI=1S/C19H17N3O4/c1-3-26-19(23)17-16(13-10-8-12(2)9-11-13)20-18(21-17)14-6-4-5-7-15(14)22(24)25/h4-11H,3H2,1-2H3,(H,20,21). The highest BCUT2D eigenvalue weighted by Gasteiger charge is 2.24. The molecule has 7 heteroatoms. The highest BCUT2D eigenvalue weighted by molar-refractivity contribution is 5.95. The van der Waals surface area contributed by atoms with Crippen LogP contribution in [0.4, 0.5) is 5.69 Å². The van der Waals surface area contributed by atoms with Gasteiger partial charge in [-0.05, 0) is 19.9 Å². The number of hydrogen-bond acceptors (Lipinski definition) is 5. The molecule has 3 aromatic rings. The highest BCUT2D eigenvalue weighted by Crippen LogP contribution is 2.31. The number of hydrogen-bond donors (Lipinski definition) is 1. The summed E-state index contributed by atoms with van der Waals surface area (Å²) in [5.41, 5.74) is 2.61. The lowest BCUT2D eigenvalue weighted by Gasteiger charge is -2.03. The summed E-state index contributed by atoms with van der Waals surface area (Å²) in [4.78, 5) is 30.5. The van der Waals surface area contributed by atoms with Gasteiger partial charge >= 0.3 is 5.97 Å². The Labute approximate surface area is 149 Å². The van der Waals surface area contributed by atoms with Gasteiger partial charge in [0, 0.05) is 11.6 Å². The predicted molar refractivity (Wildman–Crippen MR) is 96.8 cm³/mol. The van der Waals surface area contributed by atoms with E-state index in [0.717, 1.165) is 11.1 Å². The lowest BCUT2D eigenvalue weighted by atomic mass is 10.1. The maximum Gasteiger partial charge on any atom is 0.359 e. The molecule has 0 aliphatic carbocycles. The smallest absolute Gasteiger partial charge is 0.359 e. The highest BCUT2D eigenvalue weighted by atomic mass is 16.6. The van der Waals surface area contributed by atoms with E-state index in [1.165, 1.54) is 6.07 Å². The van der Waals surface area contributed by atoms with Gasteiger partial charge in [-0.25, -0.2) is 9.78 Å². The zero-order chi connectivity index (χ0) is 18.7. The summed E-state index contributed by atoms with van der Waals surface area (Å²) in [7, 11) is 0. The normalized spacial score (nSPS) is 10.5. The number of nitrogens with zero attached hydrogens (tertiary/aromatic N) is 2. The number of nitro groups is 1. The molecule has 3 rings (SSSR count). The van der Waals surface area contributed by atoms with Crippen molar-refractivity contribution in [3.05, 3.63) is 69.9 Å². The van der Waals surface area contributed by atoms with Crippen LogP contribution in [0.25, 0.3) is 22.6 Å². The van der Waals surface area contributed by atoms with Gasteiger partial charge in [0.15, 0.2) is 5.69 Å². The molecule has 0 spiro atoms. The van der Waals surface area contributed by atoms with Crippen LogP contribution >= 0.6 is 0 Å². The minimum atomic E-state index is -0.579. The van der Waals surface area contributed by atoms with E-state index in [2.05, 4.69) is 9.97 Å². The van der Waals surface area contributed by atoms with Crippen molar-refractivity contribution in [3.8, 4) is 22.6 Å². The number of benzene rings is 2. The minimum absolute atomic E-state index is 0.0906. The van der Waals surface area contributed by atoms with E-state index in [4.69, 9.17) is 4.74 Å². The first-order chi connectivity index (χ1) is 12.5. The molecule has 0 amide bonds. The summed E-state index contributed by atoms with van der Waals surface area (Å²) < 4.78 is 5.09. The summed E-state index contributed by atoms with van der Waals surface area (Å²) >= 11 is 0. The van der Waals surface area contributed by atoms with Crippen LogP contribution in [0.15, 0.2) is 48.5 Å². The Morgan fingerprint density at radius 2 is 1.88 bits per heavy atom. The third kappa shape index (κ3) is 3.32. The van der Waals surface area contributed by atoms with Crippen molar-refractivity contribution in [2.75, 3.05) is 6.61 Å². The molecular formula is C19H17N3O4. The third-order valence-corrected chi connectivity index (χ3v) is 3.87. The molecule has 1 N–H and O–H groups in total. The Hall–Kier alpha value is -3.48. The average Bonchev–Trinajstić information content (AvgIpc) is 3.08. The van der Waals surface area contributed by atoms with Crippen molar-refractivity contribution in [2.45, 2.75) is 13.8 Å². The van der Waals surface area contributed by atoms with Gasteiger partial charge in [-0.15, -0.1) is 0 Å². The number of aromatic amines is 1. The second kappa shape index (κ2) is 7.18. The summed E-state index contributed by atoms with van der Waals surface area (Å²) in [6, 6.07) is 13.8. The number of carbonyl (C=O) groups is 1. The molecule has 7 nitrogen and oxygen atoms in total. The number of aromatic nitrogens is 2. The van der Waals surface area contributed by atoms with E-state index in [0.29, 0.717) is 11.3 Å². The molecule has 0 aliphatic rings. The van der Waals surface area contributed by atoms with Crippen LogP contribution in [0.5, 0.6) is 0 Å². The molecule has 0 saturated carbocycles. The van der Waals surface area contributed by atoms with Crippen molar-refractivity contribution in [1.82, 2.24) is 9.97 Å². The number of esters is 1. The van der Waals surface area contributed by atoms with Crippen LogP contribution in [-0.2, 0) is 4.74 Å². The number of H-pyrrole nitrogens is 1. The molecule has 1 heterocycles. The lowest BCUT2D eigenvalue weighted by Crippen LogP contribution is -2.06. The molecule has 0 radical (unpaired) electrons. The maximum atomic E-state index is 12.3. The Morgan fingerprint density at radius 3 is 2.54 bits per heavy atom. The summed E-state index contributed by atoms with van der Waals surface area (Å²) in [5.74, 6) is -0.333. The van der Waals surface area contributed by atoms with E-state index >= 15 is 0 Å². The molecule has 26 heavy (non-hydrogen) atoms. The lowest BCUT2D eigenvalue weighted by molar-refractivity contribution is -0.384. The third-order valence-electron chi connectivity index (χ3n) is 3.87. The Bertz CT molecular complexity index is 961. The van der Waals surface area contributed by atoms with Crippen molar-refractivity contribution in [1.29, 1.82) is 0 Å². The van der Waals surface area contributed by atoms with Crippen molar-refractivity contribution in [2.24, 2.45) is 0 Å². The van der Waals surface area contributed by atoms with Crippen LogP contribution in [0.1, 0.15) is 23.0 Å². The van der Waals surface area contributed by atoms with Crippen LogP contribution in [0.3, 0.4) is 0 Å². The van der Waals surface area contributed by atoms with Gasteiger partial charge in [0.05, 0.1) is 22.8 Å². The fourth-order valence-corrected chi connectivity index (χ4v) is 2.61. The van der Waals surface area contributed by atoms with E-state index in [1.54, 1.807) is 25.1 Å². The Kier molecular flexibility index (Phi) is 4.79. The molecular weight excluding hydrogens is 334 g/mol. The molecule has 0 unspecified atom stereocenters. The van der Waals surface area contributed by atoms with Gasteiger partial charge in [0.2, 0.25) is 0 Å². The number of carbonyl (C=O) groups excluding carboxylic acids is 1. The molecule has 0 saturated heterocycles. The zero-order valence-electron chi connectivity index (χ0n) is 14.4. The number of imidazole rings is 1. The fraction of sp³-hybridized carbons (Fsp3) is 0.158. The van der Waals surface area contributed by atoms with Gasteiger partial charge in [0.1, 0.15) is 5.82 Å². The second-order valence-corrected chi connectivity index (χ2v) is 5.67. The first-order valence-electron chi connectivity index (χ1n) is 8.09. The molecule has 0 fully saturated rings. The summed E-state index contributed by atoms with van der Waals surface area (Å²) in [5, 5.41) is 11.3. The van der Waals surface area contributed by atoms with E-state index in [-0.39, 0.29) is 23.8 Å². The number of nitro benzene ring substituents is 1. The van der Waals surface area contributed by atoms with Crippen LogP contribution in [0, 0.1) is 17.0 Å². The number of nitrogens with one attached hydrogen (secondary N) is 1. The first kappa shape index (κ1) is 17.3. The summed E-state index contributed by atoms with van der Waals surface area (Å²) in [6.45, 7) is 3.88. The second-order valence-electron chi connectivity index (χ2n) is 5.67. The summed E-state index contributed by atoms with van der Waals surface area (Å²) in [6.07, 6.45) is 0. The molecule has 0 bridgehead atoms. The minimum Gasteiger partial charge on any atom is -0.461 e.